The van der Waals surface area contributed by atoms with E-state index in [4.69, 9.17) is 9.47 Å². The molecule has 1 amide bonds. The molecule has 172 valence electrons. The number of aryl methyl sites for hydroxylation is 1. The van der Waals surface area contributed by atoms with Gasteiger partial charge >= 0.3 is 0 Å². The SMILES string of the molecule is COc1cccc(CN(C[C@@H]2CCCO2)C(=O)CCC(=O)CCC(=O)c2ccc(C)s2)c1. The van der Waals surface area contributed by atoms with Crippen molar-refractivity contribution in [3.05, 3.63) is 51.7 Å². The molecule has 1 aromatic carbocycles. The maximum atomic E-state index is 13.0. The zero-order valence-electron chi connectivity index (χ0n) is 18.8. The van der Waals surface area contributed by atoms with Crippen LogP contribution < -0.4 is 4.74 Å². The molecule has 0 aliphatic carbocycles. The Morgan fingerprint density at radius 1 is 1.12 bits per heavy atom. The smallest absolute Gasteiger partial charge is 0.223 e. The predicted molar refractivity (Wildman–Crippen MR) is 124 cm³/mol. The van der Waals surface area contributed by atoms with Crippen LogP contribution in [0.4, 0.5) is 0 Å². The molecular formula is C25H31NO5S. The van der Waals surface area contributed by atoms with E-state index >= 15 is 0 Å². The average molecular weight is 458 g/mol. The number of benzene rings is 1. The van der Waals surface area contributed by atoms with Crippen molar-refractivity contribution in [2.24, 2.45) is 0 Å². The van der Waals surface area contributed by atoms with Gasteiger partial charge in [0.15, 0.2) is 5.78 Å². The summed E-state index contributed by atoms with van der Waals surface area (Å²) in [6.45, 7) is 3.63. The lowest BCUT2D eigenvalue weighted by molar-refractivity contribution is -0.135. The number of hydrogen-bond donors (Lipinski definition) is 0. The Hall–Kier alpha value is -2.51. The minimum atomic E-state index is -0.0723. The van der Waals surface area contributed by atoms with Crippen LogP contribution in [0.1, 0.15) is 58.6 Å². The molecule has 2 heterocycles. The first-order chi connectivity index (χ1) is 15.4. The third-order valence-corrected chi connectivity index (χ3v) is 6.61. The van der Waals surface area contributed by atoms with Gasteiger partial charge in [-0.2, -0.15) is 0 Å². The van der Waals surface area contributed by atoms with Crippen LogP contribution in [-0.2, 0) is 20.9 Å². The van der Waals surface area contributed by atoms with Crippen molar-refractivity contribution in [1.82, 2.24) is 4.90 Å². The van der Waals surface area contributed by atoms with Gasteiger partial charge in [0.25, 0.3) is 0 Å². The van der Waals surface area contributed by atoms with Crippen LogP contribution in [0.2, 0.25) is 0 Å². The second-order valence-electron chi connectivity index (χ2n) is 8.13. The third kappa shape index (κ3) is 7.28. The molecule has 0 radical (unpaired) electrons. The highest BCUT2D eigenvalue weighted by Crippen LogP contribution is 2.20. The highest BCUT2D eigenvalue weighted by Gasteiger charge is 2.23. The Labute approximate surface area is 193 Å². The lowest BCUT2D eigenvalue weighted by Gasteiger charge is -2.26. The number of methoxy groups -OCH3 is 1. The summed E-state index contributed by atoms with van der Waals surface area (Å²) in [7, 11) is 1.62. The fourth-order valence-electron chi connectivity index (χ4n) is 3.77. The van der Waals surface area contributed by atoms with Gasteiger partial charge in [-0.25, -0.2) is 0 Å². The number of thiophene rings is 1. The molecule has 7 heteroatoms. The number of rotatable bonds is 12. The summed E-state index contributed by atoms with van der Waals surface area (Å²) in [5.74, 6) is 0.601. The Morgan fingerprint density at radius 2 is 1.94 bits per heavy atom. The fourth-order valence-corrected chi connectivity index (χ4v) is 4.60. The van der Waals surface area contributed by atoms with Gasteiger partial charge in [-0.3, -0.25) is 14.4 Å². The van der Waals surface area contributed by atoms with Gasteiger partial charge in [-0.1, -0.05) is 12.1 Å². The van der Waals surface area contributed by atoms with Crippen LogP contribution in [0.15, 0.2) is 36.4 Å². The Bertz CT molecular complexity index is 932. The van der Waals surface area contributed by atoms with Crippen LogP contribution in [0, 0.1) is 6.92 Å². The molecule has 2 aromatic rings. The molecule has 0 bridgehead atoms. The predicted octanol–water partition coefficient (Wildman–Crippen LogP) is 4.59. The van der Waals surface area contributed by atoms with E-state index in [1.54, 1.807) is 18.1 Å². The molecule has 1 aromatic heterocycles. The monoisotopic (exact) mass is 457 g/mol. The van der Waals surface area contributed by atoms with Gasteiger partial charge in [0.1, 0.15) is 11.5 Å². The Kier molecular flexibility index (Phi) is 9.00. The van der Waals surface area contributed by atoms with Crippen molar-refractivity contribution in [3.8, 4) is 5.75 Å². The van der Waals surface area contributed by atoms with Crippen molar-refractivity contribution in [2.75, 3.05) is 20.3 Å². The minimum absolute atomic E-state index is 0.0131. The van der Waals surface area contributed by atoms with Gasteiger partial charge < -0.3 is 14.4 Å². The molecule has 0 N–H and O–H groups in total. The summed E-state index contributed by atoms with van der Waals surface area (Å²) < 4.78 is 11.0. The van der Waals surface area contributed by atoms with Crippen molar-refractivity contribution in [2.45, 2.75) is 58.1 Å². The molecular weight excluding hydrogens is 426 g/mol. The highest BCUT2D eigenvalue weighted by molar-refractivity contribution is 7.14. The van der Waals surface area contributed by atoms with E-state index in [0.717, 1.165) is 35.6 Å². The highest BCUT2D eigenvalue weighted by atomic mass is 32.1. The van der Waals surface area contributed by atoms with E-state index in [2.05, 4.69) is 0 Å². The van der Waals surface area contributed by atoms with E-state index in [0.29, 0.717) is 18.0 Å². The molecule has 1 saturated heterocycles. The molecule has 1 fully saturated rings. The Balaban J connectivity index is 1.52. The second-order valence-corrected chi connectivity index (χ2v) is 9.42. The number of hydrogen-bond acceptors (Lipinski definition) is 6. The number of ether oxygens (including phenoxy) is 2. The van der Waals surface area contributed by atoms with Gasteiger partial charge in [-0.15, -0.1) is 11.3 Å². The summed E-state index contributed by atoms with van der Waals surface area (Å²) in [6.07, 6.45) is 2.62. The van der Waals surface area contributed by atoms with Crippen LogP contribution in [0.3, 0.4) is 0 Å². The quantitative estimate of drug-likeness (QED) is 0.436. The van der Waals surface area contributed by atoms with E-state index in [9.17, 15) is 14.4 Å². The lowest BCUT2D eigenvalue weighted by Crippen LogP contribution is -2.37. The number of ketones is 2. The standard InChI is InChI=1S/C25H31NO5S/c1-18-8-12-24(32-18)23(28)11-9-20(27)10-13-25(29)26(17-22-7-4-14-31-22)16-19-5-3-6-21(15-19)30-2/h3,5-6,8,12,15,22H,4,7,9-11,13-14,16-17H2,1-2H3/t22-/m0/s1. The summed E-state index contributed by atoms with van der Waals surface area (Å²) in [5, 5.41) is 0. The van der Waals surface area contributed by atoms with Gasteiger partial charge in [0, 0.05) is 50.3 Å². The van der Waals surface area contributed by atoms with Gasteiger partial charge in [0.05, 0.1) is 18.1 Å². The molecule has 0 unspecified atom stereocenters. The molecule has 1 aliphatic heterocycles. The first kappa shape index (κ1) is 24.1. The van der Waals surface area contributed by atoms with Crippen molar-refractivity contribution < 1.29 is 23.9 Å². The van der Waals surface area contributed by atoms with E-state index in [1.807, 2.05) is 37.3 Å². The van der Waals surface area contributed by atoms with E-state index in [1.165, 1.54) is 11.3 Å². The largest absolute Gasteiger partial charge is 0.497 e. The number of Topliss-reactive ketones (excluding diaryl/α,β-unsaturated/α-hetero) is 2. The summed E-state index contributed by atoms with van der Waals surface area (Å²) in [4.78, 5) is 41.1. The number of amides is 1. The number of nitrogens with zero attached hydrogens (tertiary/aromatic N) is 1. The van der Waals surface area contributed by atoms with Crippen LogP contribution >= 0.6 is 11.3 Å². The summed E-state index contributed by atoms with van der Waals surface area (Å²) >= 11 is 1.45. The molecule has 1 aliphatic rings. The average Bonchev–Trinajstić information content (AvgIpc) is 3.47. The zero-order valence-corrected chi connectivity index (χ0v) is 19.6. The lowest BCUT2D eigenvalue weighted by atomic mass is 10.1. The summed E-state index contributed by atoms with van der Waals surface area (Å²) in [6, 6.07) is 11.4. The van der Waals surface area contributed by atoms with E-state index in [-0.39, 0.29) is 49.3 Å². The summed E-state index contributed by atoms with van der Waals surface area (Å²) in [5.41, 5.74) is 0.971. The van der Waals surface area contributed by atoms with Crippen LogP contribution in [0.5, 0.6) is 5.75 Å². The number of carbonyl (C=O) groups excluding carboxylic acids is 3. The van der Waals surface area contributed by atoms with Crippen LogP contribution in [-0.4, -0.2) is 48.7 Å². The maximum absolute atomic E-state index is 13.0. The van der Waals surface area contributed by atoms with Gasteiger partial charge in [-0.05, 0) is 49.6 Å². The zero-order chi connectivity index (χ0) is 22.9. The minimum Gasteiger partial charge on any atom is -0.497 e. The first-order valence-electron chi connectivity index (χ1n) is 11.1. The van der Waals surface area contributed by atoms with Crippen molar-refractivity contribution in [1.29, 1.82) is 0 Å². The molecule has 32 heavy (non-hydrogen) atoms. The fraction of sp³-hybridized carbons (Fsp3) is 0.480. The number of carbonyl (C=O) groups is 3. The molecule has 0 saturated carbocycles. The second kappa shape index (κ2) is 11.9. The first-order valence-corrected chi connectivity index (χ1v) is 11.9. The maximum Gasteiger partial charge on any atom is 0.223 e. The van der Waals surface area contributed by atoms with Crippen LogP contribution in [0.25, 0.3) is 0 Å². The third-order valence-electron chi connectivity index (χ3n) is 5.57. The van der Waals surface area contributed by atoms with E-state index < -0.39 is 0 Å². The molecule has 3 rings (SSSR count). The normalized spacial score (nSPS) is 15.5. The Morgan fingerprint density at radius 3 is 2.62 bits per heavy atom. The molecule has 1 atom stereocenters. The topological polar surface area (TPSA) is 72.9 Å². The molecule has 0 spiro atoms. The van der Waals surface area contributed by atoms with Gasteiger partial charge in [0.2, 0.25) is 5.91 Å². The van der Waals surface area contributed by atoms with Crippen molar-refractivity contribution in [3.63, 3.8) is 0 Å². The molecule has 6 nitrogen and oxygen atoms in total. The van der Waals surface area contributed by atoms with Crippen molar-refractivity contribution >= 4 is 28.8 Å².